The highest BCUT2D eigenvalue weighted by Crippen LogP contribution is 2.21. The third kappa shape index (κ3) is 4.11. The first kappa shape index (κ1) is 16.1. The van der Waals surface area contributed by atoms with Crippen molar-refractivity contribution in [1.29, 1.82) is 0 Å². The van der Waals surface area contributed by atoms with Crippen LogP contribution in [0.15, 0.2) is 46.9 Å². The molecule has 1 amide bonds. The maximum atomic E-state index is 12.0. The van der Waals surface area contributed by atoms with Gasteiger partial charge in [0.05, 0.1) is 13.1 Å². The fourth-order valence-corrected chi connectivity index (χ4v) is 2.13. The second kappa shape index (κ2) is 6.66. The molecule has 1 heterocycles. The average molecular weight is 302 g/mol. The first-order valence-corrected chi connectivity index (χ1v) is 7.21. The lowest BCUT2D eigenvalue weighted by atomic mass is 10.0. The Morgan fingerprint density at radius 3 is 2.55 bits per heavy atom. The van der Waals surface area contributed by atoms with E-state index in [0.29, 0.717) is 5.76 Å². The Morgan fingerprint density at radius 1 is 1.27 bits per heavy atom. The SMILES string of the molecule is Cc1ccc(C(C)(O)CNC(=O)CN(C)c2ccccc2)o1. The van der Waals surface area contributed by atoms with Crippen LogP contribution in [0.25, 0.3) is 0 Å². The molecular formula is C17H22N2O3. The molecule has 0 aliphatic rings. The Labute approximate surface area is 130 Å². The summed E-state index contributed by atoms with van der Waals surface area (Å²) in [7, 11) is 1.85. The molecule has 1 atom stereocenters. The number of amides is 1. The Hall–Kier alpha value is -2.27. The number of carbonyl (C=O) groups is 1. The summed E-state index contributed by atoms with van der Waals surface area (Å²) in [6.07, 6.45) is 0. The van der Waals surface area contributed by atoms with Crippen molar-refractivity contribution < 1.29 is 14.3 Å². The zero-order valence-corrected chi connectivity index (χ0v) is 13.2. The smallest absolute Gasteiger partial charge is 0.239 e. The van der Waals surface area contributed by atoms with Gasteiger partial charge in [0.15, 0.2) is 0 Å². The molecular weight excluding hydrogens is 280 g/mol. The lowest BCUT2D eigenvalue weighted by Gasteiger charge is -2.23. The number of carbonyl (C=O) groups excluding carboxylic acids is 1. The van der Waals surface area contributed by atoms with Crippen LogP contribution < -0.4 is 10.2 Å². The van der Waals surface area contributed by atoms with Gasteiger partial charge in [-0.25, -0.2) is 0 Å². The number of benzene rings is 1. The Bertz CT molecular complexity index is 620. The van der Waals surface area contributed by atoms with Gasteiger partial charge in [0.25, 0.3) is 0 Å². The van der Waals surface area contributed by atoms with E-state index < -0.39 is 5.60 Å². The van der Waals surface area contributed by atoms with E-state index in [1.165, 1.54) is 0 Å². The molecule has 0 saturated heterocycles. The van der Waals surface area contributed by atoms with Crippen molar-refractivity contribution in [3.05, 3.63) is 54.0 Å². The molecule has 0 saturated carbocycles. The maximum Gasteiger partial charge on any atom is 0.239 e. The lowest BCUT2D eigenvalue weighted by molar-refractivity contribution is -0.121. The molecule has 1 unspecified atom stereocenters. The highest BCUT2D eigenvalue weighted by molar-refractivity contribution is 5.81. The van der Waals surface area contributed by atoms with Gasteiger partial charge in [-0.15, -0.1) is 0 Å². The summed E-state index contributed by atoms with van der Waals surface area (Å²) in [4.78, 5) is 13.9. The minimum Gasteiger partial charge on any atom is -0.463 e. The molecule has 0 radical (unpaired) electrons. The van der Waals surface area contributed by atoms with E-state index in [0.717, 1.165) is 11.4 Å². The largest absolute Gasteiger partial charge is 0.463 e. The lowest BCUT2D eigenvalue weighted by Crippen LogP contribution is -2.42. The Balaban J connectivity index is 1.87. The molecule has 1 aromatic heterocycles. The number of hydrogen-bond acceptors (Lipinski definition) is 4. The van der Waals surface area contributed by atoms with Crippen LogP contribution in [0.1, 0.15) is 18.4 Å². The standard InChI is InChI=1S/C17H22N2O3/c1-13-9-10-15(22-13)17(2,21)12-18-16(20)11-19(3)14-7-5-4-6-8-14/h4-10,21H,11-12H2,1-3H3,(H,18,20). The zero-order chi connectivity index (χ0) is 16.2. The van der Waals surface area contributed by atoms with Gasteiger partial charge in [-0.3, -0.25) is 4.79 Å². The molecule has 0 bridgehead atoms. The molecule has 1 aromatic carbocycles. The van der Waals surface area contributed by atoms with Gasteiger partial charge in [0.2, 0.25) is 5.91 Å². The van der Waals surface area contributed by atoms with Crippen LogP contribution in [0.5, 0.6) is 0 Å². The predicted molar refractivity (Wildman–Crippen MR) is 85.7 cm³/mol. The number of hydrogen-bond donors (Lipinski definition) is 2. The fraction of sp³-hybridized carbons (Fsp3) is 0.353. The van der Waals surface area contributed by atoms with Crippen LogP contribution in [-0.4, -0.2) is 31.2 Å². The predicted octanol–water partition coefficient (Wildman–Crippen LogP) is 2.05. The molecule has 2 rings (SSSR count). The van der Waals surface area contributed by atoms with Crippen LogP contribution in [0, 0.1) is 6.92 Å². The summed E-state index contributed by atoms with van der Waals surface area (Å²) in [5, 5.41) is 13.1. The maximum absolute atomic E-state index is 12.0. The highest BCUT2D eigenvalue weighted by atomic mass is 16.4. The van der Waals surface area contributed by atoms with Crippen molar-refractivity contribution in [1.82, 2.24) is 5.32 Å². The Kier molecular flexibility index (Phi) is 4.88. The average Bonchev–Trinajstić information content (AvgIpc) is 2.94. The number of anilines is 1. The van der Waals surface area contributed by atoms with Crippen molar-refractivity contribution in [2.45, 2.75) is 19.4 Å². The number of aliphatic hydroxyl groups is 1. The summed E-state index contributed by atoms with van der Waals surface area (Å²) in [6.45, 7) is 3.75. The molecule has 0 fully saturated rings. The summed E-state index contributed by atoms with van der Waals surface area (Å²) in [6, 6.07) is 13.2. The van der Waals surface area contributed by atoms with Gasteiger partial charge in [0.1, 0.15) is 17.1 Å². The molecule has 0 aliphatic carbocycles. The van der Waals surface area contributed by atoms with Gasteiger partial charge >= 0.3 is 0 Å². The number of nitrogens with one attached hydrogen (secondary N) is 1. The summed E-state index contributed by atoms with van der Waals surface area (Å²) < 4.78 is 5.42. The minimum absolute atomic E-state index is 0.0986. The van der Waals surface area contributed by atoms with E-state index in [9.17, 15) is 9.90 Å². The van der Waals surface area contributed by atoms with Gasteiger partial charge in [0, 0.05) is 12.7 Å². The van der Waals surface area contributed by atoms with E-state index in [2.05, 4.69) is 5.32 Å². The second-order valence-corrected chi connectivity index (χ2v) is 5.65. The number of nitrogens with zero attached hydrogens (tertiary/aromatic N) is 1. The van der Waals surface area contributed by atoms with Gasteiger partial charge in [-0.05, 0) is 38.1 Å². The van der Waals surface area contributed by atoms with Gasteiger partial charge in [-0.1, -0.05) is 18.2 Å². The molecule has 22 heavy (non-hydrogen) atoms. The number of likely N-dealkylation sites (N-methyl/N-ethyl adjacent to an activating group) is 1. The third-order valence-corrected chi connectivity index (χ3v) is 3.48. The minimum atomic E-state index is -1.23. The topological polar surface area (TPSA) is 65.7 Å². The van der Waals surface area contributed by atoms with Crippen LogP contribution in [0.2, 0.25) is 0 Å². The van der Waals surface area contributed by atoms with Gasteiger partial charge < -0.3 is 19.7 Å². The fourth-order valence-electron chi connectivity index (χ4n) is 2.13. The van der Waals surface area contributed by atoms with Crippen LogP contribution >= 0.6 is 0 Å². The zero-order valence-electron chi connectivity index (χ0n) is 13.2. The first-order chi connectivity index (χ1) is 10.4. The summed E-state index contributed by atoms with van der Waals surface area (Å²) >= 11 is 0. The van der Waals surface area contributed by atoms with E-state index in [1.807, 2.05) is 49.2 Å². The van der Waals surface area contributed by atoms with E-state index in [4.69, 9.17) is 4.42 Å². The van der Waals surface area contributed by atoms with Crippen molar-refractivity contribution in [2.24, 2.45) is 0 Å². The summed E-state index contributed by atoms with van der Waals surface area (Å²) in [5.74, 6) is 1.02. The quantitative estimate of drug-likeness (QED) is 0.857. The van der Waals surface area contributed by atoms with E-state index in [-0.39, 0.29) is 19.0 Å². The molecule has 5 nitrogen and oxygen atoms in total. The monoisotopic (exact) mass is 302 g/mol. The molecule has 118 valence electrons. The highest BCUT2D eigenvalue weighted by Gasteiger charge is 2.27. The third-order valence-electron chi connectivity index (χ3n) is 3.48. The summed E-state index contributed by atoms with van der Waals surface area (Å²) in [5.41, 5.74) is -0.263. The molecule has 0 aliphatic heterocycles. The van der Waals surface area contributed by atoms with Crippen molar-refractivity contribution in [3.63, 3.8) is 0 Å². The number of aryl methyl sites for hydroxylation is 1. The second-order valence-electron chi connectivity index (χ2n) is 5.65. The first-order valence-electron chi connectivity index (χ1n) is 7.21. The van der Waals surface area contributed by atoms with E-state index in [1.54, 1.807) is 19.1 Å². The van der Waals surface area contributed by atoms with Crippen LogP contribution in [0.4, 0.5) is 5.69 Å². The van der Waals surface area contributed by atoms with Crippen LogP contribution in [-0.2, 0) is 10.4 Å². The van der Waals surface area contributed by atoms with Crippen molar-refractivity contribution in [2.75, 3.05) is 25.0 Å². The molecule has 0 spiro atoms. The molecule has 2 N–H and O–H groups in total. The van der Waals surface area contributed by atoms with Gasteiger partial charge in [-0.2, -0.15) is 0 Å². The Morgan fingerprint density at radius 2 is 1.95 bits per heavy atom. The number of para-hydroxylation sites is 1. The molecule has 2 aromatic rings. The van der Waals surface area contributed by atoms with Crippen molar-refractivity contribution in [3.8, 4) is 0 Å². The molecule has 5 heteroatoms. The number of rotatable bonds is 6. The van der Waals surface area contributed by atoms with E-state index >= 15 is 0 Å². The number of furan rings is 1. The van der Waals surface area contributed by atoms with Crippen molar-refractivity contribution >= 4 is 11.6 Å². The normalized spacial score (nSPS) is 13.5. The van der Waals surface area contributed by atoms with Crippen LogP contribution in [0.3, 0.4) is 0 Å².